The molecule has 1 heterocycles. The highest BCUT2D eigenvalue weighted by Gasteiger charge is 2.34. The molecule has 1 saturated carbocycles. The molecule has 0 saturated heterocycles. The first kappa shape index (κ1) is 12.9. The van der Waals surface area contributed by atoms with Crippen molar-refractivity contribution in [2.75, 3.05) is 4.90 Å². The Bertz CT molecular complexity index is 588. The molecule has 0 spiro atoms. The molecule has 1 amide bonds. The van der Waals surface area contributed by atoms with E-state index in [1.54, 1.807) is 6.20 Å². The van der Waals surface area contributed by atoms with Gasteiger partial charge in [-0.15, -0.1) is 0 Å². The van der Waals surface area contributed by atoms with Crippen molar-refractivity contribution in [3.63, 3.8) is 0 Å². The zero-order valence-corrected chi connectivity index (χ0v) is 11.6. The number of aryl methyl sites for hydroxylation is 1. The van der Waals surface area contributed by atoms with Crippen LogP contribution in [-0.2, 0) is 11.3 Å². The largest absolute Gasteiger partial charge is 0.308 e. The summed E-state index contributed by atoms with van der Waals surface area (Å²) in [4.78, 5) is 18.5. The van der Waals surface area contributed by atoms with Crippen molar-refractivity contribution in [2.45, 2.75) is 26.3 Å². The quantitative estimate of drug-likeness (QED) is 0.850. The Balaban J connectivity index is 1.87. The van der Waals surface area contributed by atoms with Crippen molar-refractivity contribution in [1.29, 1.82) is 0 Å². The van der Waals surface area contributed by atoms with Gasteiger partial charge in [-0.3, -0.25) is 9.78 Å². The van der Waals surface area contributed by atoms with Crippen molar-refractivity contribution in [3.8, 4) is 0 Å². The topological polar surface area (TPSA) is 33.2 Å². The molecule has 0 bridgehead atoms. The van der Waals surface area contributed by atoms with E-state index in [1.807, 2.05) is 47.5 Å². The minimum atomic E-state index is 0.216. The minimum Gasteiger partial charge on any atom is -0.308 e. The molecule has 1 fully saturated rings. The Morgan fingerprint density at radius 3 is 2.60 bits per heavy atom. The van der Waals surface area contributed by atoms with E-state index in [2.05, 4.69) is 11.9 Å². The number of anilines is 1. The van der Waals surface area contributed by atoms with Crippen LogP contribution in [0.3, 0.4) is 0 Å². The molecular formula is C17H18N2O. The first-order valence-corrected chi connectivity index (χ1v) is 7.01. The highest BCUT2D eigenvalue weighted by Crippen LogP contribution is 2.33. The number of carbonyl (C=O) groups excluding carboxylic acids is 1. The summed E-state index contributed by atoms with van der Waals surface area (Å²) in [5, 5.41) is 0. The lowest BCUT2D eigenvalue weighted by Gasteiger charge is -2.23. The molecule has 102 valence electrons. The van der Waals surface area contributed by atoms with E-state index in [0.717, 1.165) is 24.1 Å². The fraction of sp³-hybridized carbons (Fsp3) is 0.294. The van der Waals surface area contributed by atoms with Crippen molar-refractivity contribution in [2.24, 2.45) is 5.92 Å². The molecule has 0 N–H and O–H groups in total. The Kier molecular flexibility index (Phi) is 3.50. The first-order valence-electron chi connectivity index (χ1n) is 7.01. The van der Waals surface area contributed by atoms with Crippen molar-refractivity contribution in [1.82, 2.24) is 4.98 Å². The predicted molar refractivity (Wildman–Crippen MR) is 79.3 cm³/mol. The summed E-state index contributed by atoms with van der Waals surface area (Å²) in [6.07, 6.45) is 5.62. The van der Waals surface area contributed by atoms with Gasteiger partial charge in [0, 0.05) is 24.0 Å². The maximum atomic E-state index is 12.5. The third-order valence-corrected chi connectivity index (χ3v) is 3.60. The number of carbonyl (C=O) groups is 1. The molecule has 3 rings (SSSR count). The molecular weight excluding hydrogens is 248 g/mol. The van der Waals surface area contributed by atoms with E-state index in [0.29, 0.717) is 6.54 Å². The van der Waals surface area contributed by atoms with Gasteiger partial charge in [-0.25, -0.2) is 0 Å². The lowest BCUT2D eigenvalue weighted by atomic mass is 10.1. The number of aromatic nitrogens is 1. The van der Waals surface area contributed by atoms with Gasteiger partial charge in [-0.1, -0.05) is 23.8 Å². The van der Waals surface area contributed by atoms with Crippen molar-refractivity contribution in [3.05, 3.63) is 59.9 Å². The lowest BCUT2D eigenvalue weighted by Crippen LogP contribution is -2.31. The number of pyridine rings is 1. The molecule has 0 unspecified atom stereocenters. The molecule has 3 heteroatoms. The van der Waals surface area contributed by atoms with Crippen LogP contribution in [0.1, 0.15) is 24.0 Å². The summed E-state index contributed by atoms with van der Waals surface area (Å²) >= 11 is 0. The smallest absolute Gasteiger partial charge is 0.230 e. The summed E-state index contributed by atoms with van der Waals surface area (Å²) in [5.41, 5.74) is 3.23. The molecule has 3 nitrogen and oxygen atoms in total. The molecule has 2 aromatic rings. The normalized spacial score (nSPS) is 14.1. The van der Waals surface area contributed by atoms with E-state index in [4.69, 9.17) is 0 Å². The number of nitrogens with zero attached hydrogens (tertiary/aromatic N) is 2. The van der Waals surface area contributed by atoms with Crippen LogP contribution < -0.4 is 4.90 Å². The zero-order chi connectivity index (χ0) is 13.9. The van der Waals surface area contributed by atoms with Crippen LogP contribution in [0.2, 0.25) is 0 Å². The first-order chi connectivity index (χ1) is 9.74. The molecule has 1 aliphatic carbocycles. The third kappa shape index (κ3) is 2.87. The van der Waals surface area contributed by atoms with Gasteiger partial charge in [0.25, 0.3) is 0 Å². The molecule has 20 heavy (non-hydrogen) atoms. The Morgan fingerprint density at radius 1 is 1.25 bits per heavy atom. The highest BCUT2D eigenvalue weighted by atomic mass is 16.2. The number of amides is 1. The van der Waals surface area contributed by atoms with E-state index in [-0.39, 0.29) is 11.8 Å². The second kappa shape index (κ2) is 5.45. The molecule has 0 atom stereocenters. The Labute approximate surface area is 119 Å². The zero-order valence-electron chi connectivity index (χ0n) is 11.6. The maximum absolute atomic E-state index is 12.5. The van der Waals surface area contributed by atoms with Crippen LogP contribution in [0.15, 0.2) is 48.8 Å². The van der Waals surface area contributed by atoms with E-state index < -0.39 is 0 Å². The molecule has 1 aliphatic rings. The van der Waals surface area contributed by atoms with Gasteiger partial charge >= 0.3 is 0 Å². The van der Waals surface area contributed by atoms with Gasteiger partial charge in [-0.05, 0) is 43.5 Å². The van der Waals surface area contributed by atoms with Crippen LogP contribution in [0.5, 0.6) is 0 Å². The fourth-order valence-corrected chi connectivity index (χ4v) is 2.25. The minimum absolute atomic E-state index is 0.216. The summed E-state index contributed by atoms with van der Waals surface area (Å²) in [7, 11) is 0. The Morgan fingerprint density at radius 2 is 2.00 bits per heavy atom. The summed E-state index contributed by atoms with van der Waals surface area (Å²) in [5.74, 6) is 0.450. The second-order valence-electron chi connectivity index (χ2n) is 5.40. The number of hydrogen-bond acceptors (Lipinski definition) is 2. The monoisotopic (exact) mass is 266 g/mol. The predicted octanol–water partition coefficient (Wildman–Crippen LogP) is 3.33. The van der Waals surface area contributed by atoms with Crippen LogP contribution >= 0.6 is 0 Å². The molecule has 0 radical (unpaired) electrons. The number of rotatable bonds is 4. The van der Waals surface area contributed by atoms with E-state index >= 15 is 0 Å². The summed E-state index contributed by atoms with van der Waals surface area (Å²) in [6, 6.07) is 12.0. The van der Waals surface area contributed by atoms with E-state index in [1.165, 1.54) is 5.56 Å². The van der Waals surface area contributed by atoms with Gasteiger partial charge in [0.15, 0.2) is 0 Å². The van der Waals surface area contributed by atoms with Crippen LogP contribution in [0.25, 0.3) is 0 Å². The van der Waals surface area contributed by atoms with Gasteiger partial charge < -0.3 is 4.90 Å². The standard InChI is InChI=1S/C17H18N2O/c1-13-4-8-16(9-5-13)19(17(20)15-6-7-15)12-14-3-2-10-18-11-14/h2-5,8-11,15H,6-7,12H2,1H3. The van der Waals surface area contributed by atoms with Crippen LogP contribution in [0.4, 0.5) is 5.69 Å². The fourth-order valence-electron chi connectivity index (χ4n) is 2.25. The Hall–Kier alpha value is -2.16. The summed E-state index contributed by atoms with van der Waals surface area (Å²) in [6.45, 7) is 2.64. The molecule has 1 aromatic carbocycles. The van der Waals surface area contributed by atoms with E-state index in [9.17, 15) is 4.79 Å². The number of benzene rings is 1. The number of hydrogen-bond donors (Lipinski definition) is 0. The van der Waals surface area contributed by atoms with Crippen molar-refractivity contribution >= 4 is 11.6 Å². The van der Waals surface area contributed by atoms with Gasteiger partial charge in [-0.2, -0.15) is 0 Å². The van der Waals surface area contributed by atoms with Crippen LogP contribution in [0, 0.1) is 12.8 Å². The summed E-state index contributed by atoms with van der Waals surface area (Å²) < 4.78 is 0. The SMILES string of the molecule is Cc1ccc(N(Cc2cccnc2)C(=O)C2CC2)cc1. The third-order valence-electron chi connectivity index (χ3n) is 3.60. The van der Waals surface area contributed by atoms with Crippen LogP contribution in [-0.4, -0.2) is 10.9 Å². The van der Waals surface area contributed by atoms with Crippen molar-refractivity contribution < 1.29 is 4.79 Å². The maximum Gasteiger partial charge on any atom is 0.230 e. The average molecular weight is 266 g/mol. The average Bonchev–Trinajstić information content (AvgIpc) is 3.31. The second-order valence-corrected chi connectivity index (χ2v) is 5.40. The highest BCUT2D eigenvalue weighted by molar-refractivity contribution is 5.96. The molecule has 1 aromatic heterocycles. The van der Waals surface area contributed by atoms with Gasteiger partial charge in [0.05, 0.1) is 6.54 Å². The molecule has 0 aliphatic heterocycles. The van der Waals surface area contributed by atoms with Gasteiger partial charge in [0.1, 0.15) is 0 Å². The lowest BCUT2D eigenvalue weighted by molar-refractivity contribution is -0.119. The van der Waals surface area contributed by atoms with Gasteiger partial charge in [0.2, 0.25) is 5.91 Å².